The van der Waals surface area contributed by atoms with E-state index in [-0.39, 0.29) is 17.4 Å². The second-order valence-electron chi connectivity index (χ2n) is 8.99. The summed E-state index contributed by atoms with van der Waals surface area (Å²) in [7, 11) is 0. The van der Waals surface area contributed by atoms with Crippen molar-refractivity contribution in [3.63, 3.8) is 0 Å². The number of hydrogen-bond donors (Lipinski definition) is 1. The number of benzene rings is 2. The van der Waals surface area contributed by atoms with Gasteiger partial charge in [0.25, 0.3) is 5.91 Å². The highest BCUT2D eigenvalue weighted by atomic mass is 35.5. The van der Waals surface area contributed by atoms with Crippen molar-refractivity contribution in [3.8, 4) is 0 Å². The standard InChI is InChI=1S/C25H29ClN2O2S/c1-25(2,3)18-10-8-17(9-11-18)20(28-12-14-30-15-13-28)16-27-24(29)23-22(26)19-6-4-5-7-21(19)31-23/h4-11,20H,12-16H2,1-3H3,(H,27,29)/t20-/m1/s1. The van der Waals surface area contributed by atoms with Crippen molar-refractivity contribution in [1.82, 2.24) is 10.2 Å². The lowest BCUT2D eigenvalue weighted by atomic mass is 9.86. The summed E-state index contributed by atoms with van der Waals surface area (Å²) < 4.78 is 6.58. The van der Waals surface area contributed by atoms with Gasteiger partial charge in [-0.2, -0.15) is 0 Å². The fourth-order valence-electron chi connectivity index (χ4n) is 3.98. The van der Waals surface area contributed by atoms with Gasteiger partial charge in [-0.3, -0.25) is 9.69 Å². The van der Waals surface area contributed by atoms with Crippen molar-refractivity contribution in [2.24, 2.45) is 0 Å². The lowest BCUT2D eigenvalue weighted by Gasteiger charge is -2.35. The highest BCUT2D eigenvalue weighted by Gasteiger charge is 2.25. The summed E-state index contributed by atoms with van der Waals surface area (Å²) in [4.78, 5) is 16.0. The Morgan fingerprint density at radius 1 is 1.13 bits per heavy atom. The Bertz CT molecular complexity index is 1050. The number of morpholine rings is 1. The molecule has 0 aliphatic carbocycles. The SMILES string of the molecule is CC(C)(C)c1ccc([C@@H](CNC(=O)c2sc3ccccc3c2Cl)N2CCOCC2)cc1. The molecule has 1 aliphatic heterocycles. The van der Waals surface area contributed by atoms with Crippen LogP contribution >= 0.6 is 22.9 Å². The molecular formula is C25H29ClN2O2S. The molecule has 1 aromatic heterocycles. The van der Waals surface area contributed by atoms with Crippen LogP contribution in [0.3, 0.4) is 0 Å². The molecule has 2 aromatic carbocycles. The summed E-state index contributed by atoms with van der Waals surface area (Å²) in [5.74, 6) is -0.115. The molecule has 6 heteroatoms. The smallest absolute Gasteiger partial charge is 0.262 e. The van der Waals surface area contributed by atoms with Gasteiger partial charge in [0, 0.05) is 29.7 Å². The van der Waals surface area contributed by atoms with Gasteiger partial charge < -0.3 is 10.1 Å². The zero-order valence-corrected chi connectivity index (χ0v) is 19.9. The van der Waals surface area contributed by atoms with Gasteiger partial charge in [-0.1, -0.05) is 74.8 Å². The minimum absolute atomic E-state index is 0.0926. The summed E-state index contributed by atoms with van der Waals surface area (Å²) in [6.07, 6.45) is 0. The Balaban J connectivity index is 1.54. The lowest BCUT2D eigenvalue weighted by molar-refractivity contribution is 0.0162. The number of rotatable bonds is 5. The van der Waals surface area contributed by atoms with E-state index in [1.807, 2.05) is 24.3 Å². The minimum atomic E-state index is -0.115. The number of nitrogens with one attached hydrogen (secondary N) is 1. The monoisotopic (exact) mass is 456 g/mol. The maximum Gasteiger partial charge on any atom is 0.262 e. The number of hydrogen-bond acceptors (Lipinski definition) is 4. The molecule has 1 fully saturated rings. The molecule has 0 unspecified atom stereocenters. The molecule has 1 aliphatic rings. The second-order valence-corrected chi connectivity index (χ2v) is 10.4. The van der Waals surface area contributed by atoms with E-state index in [1.54, 1.807) is 0 Å². The molecule has 31 heavy (non-hydrogen) atoms. The molecule has 1 N–H and O–H groups in total. The van der Waals surface area contributed by atoms with Gasteiger partial charge in [0.2, 0.25) is 0 Å². The summed E-state index contributed by atoms with van der Waals surface area (Å²) in [5, 5.41) is 4.62. The largest absolute Gasteiger partial charge is 0.379 e. The van der Waals surface area contributed by atoms with Crippen molar-refractivity contribution in [1.29, 1.82) is 0 Å². The average molecular weight is 457 g/mol. The molecule has 1 atom stereocenters. The average Bonchev–Trinajstić information content (AvgIpc) is 3.11. The molecule has 0 spiro atoms. The van der Waals surface area contributed by atoms with Gasteiger partial charge in [0.05, 0.1) is 24.3 Å². The van der Waals surface area contributed by atoms with Gasteiger partial charge in [-0.15, -0.1) is 11.3 Å². The number of carbonyl (C=O) groups is 1. The summed E-state index contributed by atoms with van der Waals surface area (Å²) in [5.41, 5.74) is 2.62. The number of ether oxygens (including phenoxy) is 1. The van der Waals surface area contributed by atoms with E-state index in [9.17, 15) is 4.79 Å². The van der Waals surface area contributed by atoms with Crippen LogP contribution in [0, 0.1) is 0 Å². The molecule has 3 aromatic rings. The van der Waals surface area contributed by atoms with Crippen LogP contribution in [0.2, 0.25) is 5.02 Å². The third-order valence-corrected chi connectivity index (χ3v) is 7.52. The fourth-order valence-corrected chi connectivity index (χ4v) is 5.42. The third-order valence-electron chi connectivity index (χ3n) is 5.85. The van der Waals surface area contributed by atoms with Crippen LogP contribution < -0.4 is 5.32 Å². The molecule has 4 nitrogen and oxygen atoms in total. The highest BCUT2D eigenvalue weighted by molar-refractivity contribution is 7.21. The summed E-state index contributed by atoms with van der Waals surface area (Å²) in [6, 6.07) is 16.7. The number of fused-ring (bicyclic) bond motifs is 1. The van der Waals surface area contributed by atoms with Crippen molar-refractivity contribution < 1.29 is 9.53 Å². The summed E-state index contributed by atoms with van der Waals surface area (Å²) in [6.45, 7) is 10.3. The maximum atomic E-state index is 13.0. The zero-order chi connectivity index (χ0) is 22.0. The number of carbonyl (C=O) groups excluding carboxylic acids is 1. The van der Waals surface area contributed by atoms with Crippen LogP contribution in [0.1, 0.15) is 47.6 Å². The molecule has 0 saturated carbocycles. The number of amides is 1. The number of halogens is 1. The predicted molar refractivity (Wildman–Crippen MR) is 129 cm³/mol. The van der Waals surface area contributed by atoms with Crippen LogP contribution in [0.4, 0.5) is 0 Å². The first kappa shape index (κ1) is 22.3. The first-order chi connectivity index (χ1) is 14.8. The molecule has 1 saturated heterocycles. The van der Waals surface area contributed by atoms with Crippen molar-refractivity contribution >= 4 is 38.9 Å². The van der Waals surface area contributed by atoms with Gasteiger partial charge in [-0.05, 0) is 22.6 Å². The van der Waals surface area contributed by atoms with Crippen LogP contribution in [0.5, 0.6) is 0 Å². The highest BCUT2D eigenvalue weighted by Crippen LogP contribution is 2.35. The Morgan fingerprint density at radius 2 is 1.81 bits per heavy atom. The van der Waals surface area contributed by atoms with Crippen LogP contribution in [-0.2, 0) is 10.2 Å². The number of thiophene rings is 1. The Morgan fingerprint density at radius 3 is 2.45 bits per heavy atom. The molecular weight excluding hydrogens is 428 g/mol. The first-order valence-electron chi connectivity index (χ1n) is 10.7. The van der Waals surface area contributed by atoms with Gasteiger partial charge in [-0.25, -0.2) is 0 Å². The van der Waals surface area contributed by atoms with E-state index in [0.717, 1.165) is 23.2 Å². The quantitative estimate of drug-likeness (QED) is 0.539. The zero-order valence-electron chi connectivity index (χ0n) is 18.3. The van der Waals surface area contributed by atoms with E-state index < -0.39 is 0 Å². The minimum Gasteiger partial charge on any atom is -0.379 e. The van der Waals surface area contributed by atoms with Crippen molar-refractivity contribution in [2.75, 3.05) is 32.8 Å². The van der Waals surface area contributed by atoms with E-state index in [4.69, 9.17) is 16.3 Å². The van der Waals surface area contributed by atoms with E-state index >= 15 is 0 Å². The van der Waals surface area contributed by atoms with Crippen LogP contribution in [-0.4, -0.2) is 43.7 Å². The molecule has 2 heterocycles. The van der Waals surface area contributed by atoms with E-state index in [1.165, 1.54) is 22.5 Å². The van der Waals surface area contributed by atoms with Gasteiger partial charge in [0.15, 0.2) is 0 Å². The maximum absolute atomic E-state index is 13.0. The summed E-state index contributed by atoms with van der Waals surface area (Å²) >= 11 is 7.96. The van der Waals surface area contributed by atoms with E-state index in [2.05, 4.69) is 55.3 Å². The van der Waals surface area contributed by atoms with Crippen LogP contribution in [0.25, 0.3) is 10.1 Å². The fraction of sp³-hybridized carbons (Fsp3) is 0.400. The van der Waals surface area contributed by atoms with E-state index in [0.29, 0.717) is 29.7 Å². The molecule has 1 amide bonds. The molecule has 0 radical (unpaired) electrons. The van der Waals surface area contributed by atoms with Crippen molar-refractivity contribution in [3.05, 3.63) is 69.6 Å². The second kappa shape index (κ2) is 9.29. The third kappa shape index (κ3) is 4.96. The lowest BCUT2D eigenvalue weighted by Crippen LogP contribution is -2.43. The Kier molecular flexibility index (Phi) is 6.68. The molecule has 164 valence electrons. The first-order valence-corrected chi connectivity index (χ1v) is 11.9. The Labute approximate surface area is 193 Å². The predicted octanol–water partition coefficient (Wildman–Crippen LogP) is 5.66. The van der Waals surface area contributed by atoms with Crippen LogP contribution in [0.15, 0.2) is 48.5 Å². The topological polar surface area (TPSA) is 41.6 Å². The van der Waals surface area contributed by atoms with Gasteiger partial charge in [0.1, 0.15) is 4.88 Å². The van der Waals surface area contributed by atoms with Crippen molar-refractivity contribution in [2.45, 2.75) is 32.2 Å². The normalized spacial score (nSPS) is 16.4. The Hall–Kier alpha value is -1.92. The number of nitrogens with zero attached hydrogens (tertiary/aromatic N) is 1. The molecule has 4 rings (SSSR count). The molecule has 0 bridgehead atoms. The van der Waals surface area contributed by atoms with Gasteiger partial charge >= 0.3 is 0 Å².